The van der Waals surface area contributed by atoms with E-state index in [4.69, 9.17) is 19.4 Å². The maximum atomic E-state index is 9.43. The second kappa shape index (κ2) is 14.4. The third-order valence-electron chi connectivity index (χ3n) is 10.4. The van der Waals surface area contributed by atoms with Crippen LogP contribution < -0.4 is 0 Å². The van der Waals surface area contributed by atoms with E-state index in [1.807, 2.05) is 84.9 Å². The second-order valence-electron chi connectivity index (χ2n) is 14.0. The van der Waals surface area contributed by atoms with Crippen molar-refractivity contribution in [1.29, 1.82) is 5.26 Å². The van der Waals surface area contributed by atoms with E-state index in [1.165, 1.54) is 0 Å². The zero-order valence-corrected chi connectivity index (χ0v) is 30.7. The molecule has 0 aliphatic carbocycles. The van der Waals surface area contributed by atoms with Gasteiger partial charge in [0.15, 0.2) is 17.5 Å². The van der Waals surface area contributed by atoms with E-state index >= 15 is 0 Å². The number of rotatable bonds is 7. The van der Waals surface area contributed by atoms with Crippen LogP contribution in [0.5, 0.6) is 0 Å². The molecule has 10 rings (SSSR count). The molecule has 2 aromatic heterocycles. The molecule has 0 spiro atoms. The van der Waals surface area contributed by atoms with Gasteiger partial charge in [-0.2, -0.15) is 5.26 Å². The van der Waals surface area contributed by atoms with Crippen LogP contribution in [-0.4, -0.2) is 15.0 Å². The third-order valence-corrected chi connectivity index (χ3v) is 10.4. The number of hydrogen-bond donors (Lipinski definition) is 0. The van der Waals surface area contributed by atoms with Gasteiger partial charge in [0.1, 0.15) is 11.2 Å². The van der Waals surface area contributed by atoms with Gasteiger partial charge in [-0.1, -0.05) is 152 Å². The molecule has 5 nitrogen and oxygen atoms in total. The van der Waals surface area contributed by atoms with E-state index in [2.05, 4.69) is 115 Å². The van der Waals surface area contributed by atoms with E-state index in [-0.39, 0.29) is 0 Å². The van der Waals surface area contributed by atoms with E-state index in [0.717, 1.165) is 83.1 Å². The average molecular weight is 729 g/mol. The fourth-order valence-electron chi connectivity index (χ4n) is 7.51. The molecule has 0 bridgehead atoms. The highest BCUT2D eigenvalue weighted by Crippen LogP contribution is 2.38. The van der Waals surface area contributed by atoms with Gasteiger partial charge < -0.3 is 4.42 Å². The van der Waals surface area contributed by atoms with Crippen LogP contribution in [0, 0.1) is 11.3 Å². The Hall–Kier alpha value is -7.94. The Morgan fingerprint density at radius 2 is 0.825 bits per heavy atom. The molecule has 8 aromatic carbocycles. The highest BCUT2D eigenvalue weighted by atomic mass is 16.3. The van der Waals surface area contributed by atoms with E-state index in [0.29, 0.717) is 23.0 Å². The number of furan rings is 1. The molecule has 2 heterocycles. The number of aromatic nitrogens is 3. The minimum Gasteiger partial charge on any atom is -0.456 e. The molecule has 0 fully saturated rings. The van der Waals surface area contributed by atoms with Crippen LogP contribution in [0.4, 0.5) is 0 Å². The predicted octanol–water partition coefficient (Wildman–Crippen LogP) is 13.3. The summed E-state index contributed by atoms with van der Waals surface area (Å²) < 4.78 is 6.49. The quantitative estimate of drug-likeness (QED) is 0.163. The second-order valence-corrected chi connectivity index (χ2v) is 14.0. The van der Waals surface area contributed by atoms with Crippen molar-refractivity contribution in [3.63, 3.8) is 0 Å². The first-order valence-electron chi connectivity index (χ1n) is 18.8. The Balaban J connectivity index is 1.07. The monoisotopic (exact) mass is 728 g/mol. The number of fused-ring (bicyclic) bond motifs is 3. The molecule has 0 aliphatic rings. The molecule has 0 saturated carbocycles. The van der Waals surface area contributed by atoms with Crippen LogP contribution in [-0.2, 0) is 0 Å². The summed E-state index contributed by atoms with van der Waals surface area (Å²) in [6.07, 6.45) is 0. The highest BCUT2D eigenvalue weighted by molar-refractivity contribution is 6.13. The van der Waals surface area contributed by atoms with Gasteiger partial charge >= 0.3 is 0 Å². The van der Waals surface area contributed by atoms with Crippen molar-refractivity contribution in [2.75, 3.05) is 0 Å². The Bertz CT molecular complexity index is 3130. The lowest BCUT2D eigenvalue weighted by molar-refractivity contribution is 0.669. The molecule has 0 N–H and O–H groups in total. The third kappa shape index (κ3) is 6.52. The maximum absolute atomic E-state index is 9.43. The maximum Gasteiger partial charge on any atom is 0.164 e. The SMILES string of the molecule is N#Cc1cccc(-c2cccc(-c3ccc(-c4nc(-c5cccc(-c6ccccc6)c5)nc(-c5ccc6c(c5)oc5cccc(-c7ccccc7)c56)n4)cc3)c2)c1. The fraction of sp³-hybridized carbons (Fsp3) is 0. The van der Waals surface area contributed by atoms with E-state index < -0.39 is 0 Å². The molecule has 0 amide bonds. The summed E-state index contributed by atoms with van der Waals surface area (Å²) in [4.78, 5) is 15.3. The van der Waals surface area contributed by atoms with E-state index in [1.54, 1.807) is 0 Å². The fourth-order valence-corrected chi connectivity index (χ4v) is 7.51. The van der Waals surface area contributed by atoms with Gasteiger partial charge in [-0.15, -0.1) is 0 Å². The molecular formula is C52H32N4O. The summed E-state index contributed by atoms with van der Waals surface area (Å²) in [5.74, 6) is 1.71. The molecule has 0 unspecified atom stereocenters. The van der Waals surface area contributed by atoms with Crippen molar-refractivity contribution in [3.8, 4) is 84.7 Å². The average Bonchev–Trinajstić information content (AvgIpc) is 3.68. The molecule has 0 atom stereocenters. The smallest absolute Gasteiger partial charge is 0.164 e. The molecule has 0 aliphatic heterocycles. The van der Waals surface area contributed by atoms with Gasteiger partial charge in [0, 0.05) is 27.5 Å². The number of nitrogens with zero attached hydrogens (tertiary/aromatic N) is 4. The van der Waals surface area contributed by atoms with Crippen molar-refractivity contribution < 1.29 is 4.42 Å². The first-order chi connectivity index (χ1) is 28.2. The standard InChI is InChI=1S/C52H32N4O/c53-33-34-11-7-16-39(29-34)42-19-8-17-40(30-42)36-23-25-38(26-24-36)50-54-51(43-20-9-18-41(31-43)35-12-3-1-4-13-35)56-52(55-50)44-27-28-46-48(32-44)57-47-22-10-21-45(49(46)47)37-14-5-2-6-15-37/h1-32H. The zero-order chi connectivity index (χ0) is 38.1. The molecule has 5 heteroatoms. The Kier molecular flexibility index (Phi) is 8.48. The number of hydrogen-bond acceptors (Lipinski definition) is 5. The van der Waals surface area contributed by atoms with Gasteiger partial charge in [-0.05, 0) is 87.0 Å². The summed E-state index contributed by atoms with van der Waals surface area (Å²) in [6.45, 7) is 0. The van der Waals surface area contributed by atoms with Crippen LogP contribution in [0.3, 0.4) is 0 Å². The van der Waals surface area contributed by atoms with Crippen LogP contribution in [0.25, 0.3) is 101 Å². The van der Waals surface area contributed by atoms with Crippen LogP contribution in [0.15, 0.2) is 199 Å². The first-order valence-corrected chi connectivity index (χ1v) is 18.8. The minimum atomic E-state index is 0.558. The zero-order valence-electron chi connectivity index (χ0n) is 30.7. The summed E-state index contributed by atoms with van der Waals surface area (Å²) >= 11 is 0. The van der Waals surface area contributed by atoms with Crippen molar-refractivity contribution in [2.24, 2.45) is 0 Å². The summed E-state index contributed by atoms with van der Waals surface area (Å²) in [6, 6.07) is 68.1. The van der Waals surface area contributed by atoms with Gasteiger partial charge in [-0.25, -0.2) is 15.0 Å². The summed E-state index contributed by atoms with van der Waals surface area (Å²) in [5.41, 5.74) is 13.5. The van der Waals surface area contributed by atoms with Crippen LogP contribution >= 0.6 is 0 Å². The van der Waals surface area contributed by atoms with Crippen molar-refractivity contribution in [3.05, 3.63) is 200 Å². The lowest BCUT2D eigenvalue weighted by Crippen LogP contribution is -2.00. The highest BCUT2D eigenvalue weighted by Gasteiger charge is 2.17. The molecule has 10 aromatic rings. The Labute approximate surface area is 329 Å². The predicted molar refractivity (Wildman–Crippen MR) is 230 cm³/mol. The molecule has 0 saturated heterocycles. The summed E-state index contributed by atoms with van der Waals surface area (Å²) in [5, 5.41) is 11.6. The minimum absolute atomic E-state index is 0.558. The Morgan fingerprint density at radius 3 is 1.51 bits per heavy atom. The van der Waals surface area contributed by atoms with E-state index in [9.17, 15) is 5.26 Å². The lowest BCUT2D eigenvalue weighted by atomic mass is 9.97. The molecule has 57 heavy (non-hydrogen) atoms. The Morgan fingerprint density at radius 1 is 0.351 bits per heavy atom. The van der Waals surface area contributed by atoms with Crippen molar-refractivity contribution >= 4 is 21.9 Å². The lowest BCUT2D eigenvalue weighted by Gasteiger charge is -2.11. The molecule has 266 valence electrons. The topological polar surface area (TPSA) is 75.6 Å². The number of benzene rings is 8. The summed E-state index contributed by atoms with van der Waals surface area (Å²) in [7, 11) is 0. The van der Waals surface area contributed by atoms with Crippen molar-refractivity contribution in [2.45, 2.75) is 0 Å². The van der Waals surface area contributed by atoms with Crippen LogP contribution in [0.2, 0.25) is 0 Å². The van der Waals surface area contributed by atoms with Gasteiger partial charge in [0.25, 0.3) is 0 Å². The normalized spacial score (nSPS) is 11.1. The van der Waals surface area contributed by atoms with Gasteiger partial charge in [0.2, 0.25) is 0 Å². The molecule has 0 radical (unpaired) electrons. The molecular weight excluding hydrogens is 697 g/mol. The largest absolute Gasteiger partial charge is 0.456 e. The van der Waals surface area contributed by atoms with Crippen molar-refractivity contribution in [1.82, 2.24) is 15.0 Å². The van der Waals surface area contributed by atoms with Gasteiger partial charge in [0.05, 0.1) is 11.6 Å². The number of nitriles is 1. The van der Waals surface area contributed by atoms with Crippen LogP contribution in [0.1, 0.15) is 5.56 Å². The first kappa shape index (κ1) is 33.6. The van der Waals surface area contributed by atoms with Gasteiger partial charge in [-0.3, -0.25) is 0 Å².